The molecule has 0 aliphatic heterocycles. The maximum Gasteiger partial charge on any atom is 0.251 e. The molecule has 0 saturated carbocycles. The van der Waals surface area contributed by atoms with E-state index in [2.05, 4.69) is 10.3 Å². The fraction of sp³-hybridized carbons (Fsp3) is 0.176. The van der Waals surface area contributed by atoms with Crippen molar-refractivity contribution in [2.24, 2.45) is 7.05 Å². The summed E-state index contributed by atoms with van der Waals surface area (Å²) in [5.41, 5.74) is 2.53. The summed E-state index contributed by atoms with van der Waals surface area (Å²) in [6.45, 7) is 0.447. The highest BCUT2D eigenvalue weighted by Crippen LogP contribution is 2.20. The van der Waals surface area contributed by atoms with Crippen LogP contribution in [0.4, 0.5) is 0 Å². The maximum absolute atomic E-state index is 12.2. The molecule has 0 bridgehead atoms. The van der Waals surface area contributed by atoms with Crippen LogP contribution in [0.3, 0.4) is 0 Å². The lowest BCUT2D eigenvalue weighted by atomic mass is 10.1. The van der Waals surface area contributed by atoms with E-state index in [1.165, 1.54) is 0 Å². The number of amides is 1. The molecule has 0 unspecified atom stereocenters. The molecule has 5 nitrogen and oxygen atoms in total. The number of imidazole rings is 1. The van der Waals surface area contributed by atoms with E-state index in [4.69, 9.17) is 4.42 Å². The quantitative estimate of drug-likeness (QED) is 0.730. The van der Waals surface area contributed by atoms with Crippen molar-refractivity contribution in [1.82, 2.24) is 14.9 Å². The third-order valence-electron chi connectivity index (χ3n) is 3.61. The minimum Gasteiger partial charge on any atom is -0.464 e. The molecule has 6 heteroatoms. The van der Waals surface area contributed by atoms with E-state index in [0.29, 0.717) is 12.1 Å². The van der Waals surface area contributed by atoms with Crippen molar-refractivity contribution in [3.8, 4) is 11.3 Å². The van der Waals surface area contributed by atoms with Crippen LogP contribution in [0.5, 0.6) is 0 Å². The second-order valence-electron chi connectivity index (χ2n) is 5.03. The first kappa shape index (κ1) is 15.4. The average Bonchev–Trinajstić information content (AvgIpc) is 3.23. The molecule has 118 valence electrons. The van der Waals surface area contributed by atoms with Gasteiger partial charge in [-0.15, -0.1) is 0 Å². The van der Waals surface area contributed by atoms with Gasteiger partial charge in [0.1, 0.15) is 5.76 Å². The molecule has 3 aromatic rings. The van der Waals surface area contributed by atoms with Gasteiger partial charge in [0.05, 0.1) is 24.7 Å². The Morgan fingerprint density at radius 1 is 1.30 bits per heavy atom. The highest BCUT2D eigenvalue weighted by Gasteiger charge is 2.09. The normalized spacial score (nSPS) is 10.7. The van der Waals surface area contributed by atoms with E-state index >= 15 is 0 Å². The van der Waals surface area contributed by atoms with Crippen LogP contribution in [-0.4, -0.2) is 21.7 Å². The number of carbonyl (C=O) groups is 1. The Balaban J connectivity index is 1.65. The minimum atomic E-state index is -0.108. The molecule has 3 rings (SSSR count). The lowest BCUT2D eigenvalue weighted by molar-refractivity contribution is 0.0950. The molecule has 2 heterocycles. The molecule has 0 spiro atoms. The van der Waals surface area contributed by atoms with Gasteiger partial charge in [-0.2, -0.15) is 0 Å². The van der Waals surface area contributed by atoms with Crippen LogP contribution in [-0.2, 0) is 13.6 Å². The number of nitrogens with zero attached hydrogens (tertiary/aromatic N) is 2. The Labute approximate surface area is 138 Å². The van der Waals surface area contributed by atoms with Gasteiger partial charge in [0.2, 0.25) is 0 Å². The molecule has 1 N–H and O–H groups in total. The van der Waals surface area contributed by atoms with Crippen molar-refractivity contribution >= 4 is 17.7 Å². The van der Waals surface area contributed by atoms with Crippen LogP contribution in [0.2, 0.25) is 0 Å². The van der Waals surface area contributed by atoms with Crippen molar-refractivity contribution in [2.45, 2.75) is 11.7 Å². The molecule has 1 aromatic carbocycles. The lowest BCUT2D eigenvalue weighted by Crippen LogP contribution is -2.23. The summed E-state index contributed by atoms with van der Waals surface area (Å²) in [6.07, 6.45) is 5.39. The number of furan rings is 1. The maximum atomic E-state index is 12.2. The van der Waals surface area contributed by atoms with Crippen LogP contribution in [0.15, 0.2) is 58.4 Å². The average molecular weight is 327 g/mol. The fourth-order valence-corrected chi connectivity index (χ4v) is 2.83. The number of hydrogen-bond donors (Lipinski definition) is 1. The molecular formula is C17H17N3O2S. The Kier molecular flexibility index (Phi) is 4.52. The summed E-state index contributed by atoms with van der Waals surface area (Å²) in [4.78, 5) is 16.5. The summed E-state index contributed by atoms with van der Waals surface area (Å²) in [5, 5.41) is 3.84. The summed E-state index contributed by atoms with van der Waals surface area (Å²) >= 11 is 1.58. The molecule has 2 aromatic heterocycles. The van der Waals surface area contributed by atoms with E-state index in [-0.39, 0.29) is 5.91 Å². The molecule has 23 heavy (non-hydrogen) atoms. The number of thioether (sulfide) groups is 1. The van der Waals surface area contributed by atoms with Crippen LogP contribution >= 0.6 is 11.8 Å². The van der Waals surface area contributed by atoms with Crippen LogP contribution in [0.25, 0.3) is 11.3 Å². The number of nitrogens with one attached hydrogen (secondary N) is 1. The van der Waals surface area contributed by atoms with Crippen molar-refractivity contribution in [2.75, 3.05) is 6.26 Å². The lowest BCUT2D eigenvalue weighted by Gasteiger charge is -2.07. The first-order valence-corrected chi connectivity index (χ1v) is 8.38. The summed E-state index contributed by atoms with van der Waals surface area (Å²) in [7, 11) is 1.94. The zero-order valence-electron chi connectivity index (χ0n) is 12.9. The van der Waals surface area contributed by atoms with Gasteiger partial charge in [-0.05, 0) is 30.5 Å². The molecule has 0 fully saturated rings. The van der Waals surface area contributed by atoms with Gasteiger partial charge >= 0.3 is 0 Å². The number of benzene rings is 1. The highest BCUT2D eigenvalue weighted by atomic mass is 32.2. The van der Waals surface area contributed by atoms with E-state index in [1.54, 1.807) is 36.4 Å². The van der Waals surface area contributed by atoms with Gasteiger partial charge in [-0.1, -0.05) is 23.9 Å². The zero-order valence-corrected chi connectivity index (χ0v) is 13.8. The number of carbonyl (C=O) groups excluding carboxylic acids is 1. The number of rotatable bonds is 5. The number of aromatic nitrogens is 2. The summed E-state index contributed by atoms with van der Waals surface area (Å²) in [5.74, 6) is 0.680. The highest BCUT2D eigenvalue weighted by molar-refractivity contribution is 7.98. The predicted octanol–water partition coefficient (Wildman–Crippen LogP) is 3.33. The Bertz CT molecular complexity index is 792. The summed E-state index contributed by atoms with van der Waals surface area (Å²) < 4.78 is 7.32. The van der Waals surface area contributed by atoms with Crippen molar-refractivity contribution in [1.29, 1.82) is 0 Å². The van der Waals surface area contributed by atoms with Gasteiger partial charge in [0.25, 0.3) is 5.91 Å². The molecule has 1 amide bonds. The Morgan fingerprint density at radius 3 is 2.70 bits per heavy atom. The molecule has 0 aliphatic carbocycles. The van der Waals surface area contributed by atoms with E-state index in [9.17, 15) is 4.79 Å². The zero-order chi connectivity index (χ0) is 16.2. The molecular weight excluding hydrogens is 310 g/mol. The SMILES string of the molecule is CSc1ncc(CNC(=O)c2ccc(-c3ccco3)cc2)n1C. The van der Waals surface area contributed by atoms with Crippen molar-refractivity contribution < 1.29 is 9.21 Å². The predicted molar refractivity (Wildman–Crippen MR) is 90.3 cm³/mol. The van der Waals surface area contributed by atoms with Gasteiger partial charge < -0.3 is 14.3 Å². The standard InChI is InChI=1S/C17H17N3O2S/c1-20-14(11-19-17(20)23-2)10-18-16(21)13-7-5-12(6-8-13)15-4-3-9-22-15/h3-9,11H,10H2,1-2H3,(H,18,21). The Hall–Kier alpha value is -2.47. The van der Waals surface area contributed by atoms with Crippen LogP contribution in [0.1, 0.15) is 16.1 Å². The largest absolute Gasteiger partial charge is 0.464 e. The third kappa shape index (κ3) is 3.32. The molecule has 0 aliphatic rings. The molecule has 0 saturated heterocycles. The van der Waals surface area contributed by atoms with E-state index in [1.807, 2.05) is 42.1 Å². The fourth-order valence-electron chi connectivity index (χ4n) is 2.28. The first-order valence-electron chi connectivity index (χ1n) is 7.16. The van der Waals surface area contributed by atoms with Crippen LogP contribution < -0.4 is 5.32 Å². The van der Waals surface area contributed by atoms with Crippen molar-refractivity contribution in [3.05, 3.63) is 60.1 Å². The first-order chi connectivity index (χ1) is 11.2. The van der Waals surface area contributed by atoms with Gasteiger partial charge in [-0.3, -0.25) is 4.79 Å². The minimum absolute atomic E-state index is 0.108. The Morgan fingerprint density at radius 2 is 2.09 bits per heavy atom. The van der Waals surface area contributed by atoms with Crippen LogP contribution in [0, 0.1) is 0 Å². The monoisotopic (exact) mass is 327 g/mol. The van der Waals surface area contributed by atoms with E-state index in [0.717, 1.165) is 22.2 Å². The molecule has 0 radical (unpaired) electrons. The second-order valence-corrected chi connectivity index (χ2v) is 5.81. The smallest absolute Gasteiger partial charge is 0.251 e. The third-order valence-corrected chi connectivity index (χ3v) is 4.35. The van der Waals surface area contributed by atoms with Gasteiger partial charge in [0, 0.05) is 18.2 Å². The molecule has 0 atom stereocenters. The van der Waals surface area contributed by atoms with Crippen molar-refractivity contribution in [3.63, 3.8) is 0 Å². The topological polar surface area (TPSA) is 60.1 Å². The second kappa shape index (κ2) is 6.75. The number of hydrogen-bond acceptors (Lipinski definition) is 4. The van der Waals surface area contributed by atoms with E-state index < -0.39 is 0 Å². The van der Waals surface area contributed by atoms with Gasteiger partial charge in [0.15, 0.2) is 5.16 Å². The van der Waals surface area contributed by atoms with Gasteiger partial charge in [-0.25, -0.2) is 4.98 Å². The summed E-state index contributed by atoms with van der Waals surface area (Å²) in [6, 6.07) is 11.1.